The number of rotatable bonds is 5. The molecule has 22 heavy (non-hydrogen) atoms. The quantitative estimate of drug-likeness (QED) is 0.845. The molecule has 1 saturated heterocycles. The maximum absolute atomic E-state index is 12.9. The van der Waals surface area contributed by atoms with Crippen molar-refractivity contribution in [3.63, 3.8) is 0 Å². The van der Waals surface area contributed by atoms with Gasteiger partial charge in [0.2, 0.25) is 0 Å². The van der Waals surface area contributed by atoms with Crippen LogP contribution >= 0.6 is 0 Å². The Morgan fingerprint density at radius 1 is 1.23 bits per heavy atom. The molecular weight excluding hydrogens is 279 g/mol. The van der Waals surface area contributed by atoms with Gasteiger partial charge < -0.3 is 4.74 Å². The Morgan fingerprint density at radius 3 is 2.86 bits per heavy atom. The highest BCUT2D eigenvalue weighted by Crippen LogP contribution is 2.20. The van der Waals surface area contributed by atoms with E-state index in [2.05, 4.69) is 16.0 Å². The van der Waals surface area contributed by atoms with Crippen molar-refractivity contribution in [2.75, 3.05) is 19.7 Å². The number of aromatic nitrogens is 1. The molecule has 0 aliphatic carbocycles. The van der Waals surface area contributed by atoms with Crippen molar-refractivity contribution in [1.82, 2.24) is 9.88 Å². The zero-order valence-corrected chi connectivity index (χ0v) is 12.6. The molecule has 116 valence electrons. The molecule has 3 rings (SSSR count). The topological polar surface area (TPSA) is 25.4 Å². The lowest BCUT2D eigenvalue weighted by molar-refractivity contribution is 0.125. The minimum absolute atomic E-state index is 0.229. The van der Waals surface area contributed by atoms with Gasteiger partial charge >= 0.3 is 0 Å². The lowest BCUT2D eigenvalue weighted by Gasteiger charge is -2.32. The number of hydrogen-bond acceptors (Lipinski definition) is 3. The van der Waals surface area contributed by atoms with Crippen molar-refractivity contribution < 1.29 is 9.13 Å². The predicted molar refractivity (Wildman–Crippen MR) is 84.1 cm³/mol. The second-order valence-electron chi connectivity index (χ2n) is 5.87. The number of nitrogens with zero attached hydrogens (tertiary/aromatic N) is 2. The van der Waals surface area contributed by atoms with Crippen molar-refractivity contribution in [3.05, 3.63) is 60.2 Å². The molecule has 1 aliphatic rings. The summed E-state index contributed by atoms with van der Waals surface area (Å²) in [5.41, 5.74) is 1.25. The van der Waals surface area contributed by atoms with Gasteiger partial charge in [-0.05, 0) is 55.3 Å². The predicted octanol–water partition coefficient (Wildman–Crippen LogP) is 3.51. The molecule has 3 nitrogen and oxygen atoms in total. The first kappa shape index (κ1) is 15.0. The van der Waals surface area contributed by atoms with Crippen LogP contribution in [-0.2, 0) is 6.54 Å². The monoisotopic (exact) mass is 300 g/mol. The van der Waals surface area contributed by atoms with Crippen molar-refractivity contribution >= 4 is 0 Å². The smallest absolute Gasteiger partial charge is 0.123 e. The van der Waals surface area contributed by atoms with Crippen LogP contribution in [0.5, 0.6) is 5.75 Å². The van der Waals surface area contributed by atoms with E-state index in [0.29, 0.717) is 12.5 Å². The largest absolute Gasteiger partial charge is 0.493 e. The van der Waals surface area contributed by atoms with Gasteiger partial charge in [-0.3, -0.25) is 9.88 Å². The summed E-state index contributed by atoms with van der Waals surface area (Å²) < 4.78 is 18.7. The summed E-state index contributed by atoms with van der Waals surface area (Å²) in [5.74, 6) is 1.04. The Morgan fingerprint density at radius 2 is 2.09 bits per heavy atom. The molecule has 2 aromatic rings. The molecule has 1 aromatic heterocycles. The van der Waals surface area contributed by atoms with Gasteiger partial charge in [0.1, 0.15) is 11.6 Å². The van der Waals surface area contributed by atoms with Gasteiger partial charge in [-0.25, -0.2) is 4.39 Å². The average Bonchev–Trinajstić information content (AvgIpc) is 2.56. The normalized spacial score (nSPS) is 19.0. The van der Waals surface area contributed by atoms with Crippen LogP contribution in [0.2, 0.25) is 0 Å². The summed E-state index contributed by atoms with van der Waals surface area (Å²) in [6.07, 6.45) is 6.11. The van der Waals surface area contributed by atoms with Crippen LogP contribution in [0.1, 0.15) is 18.4 Å². The molecule has 1 fully saturated rings. The summed E-state index contributed by atoms with van der Waals surface area (Å²) in [7, 11) is 0. The van der Waals surface area contributed by atoms with E-state index in [1.807, 2.05) is 12.3 Å². The molecule has 0 unspecified atom stereocenters. The van der Waals surface area contributed by atoms with E-state index >= 15 is 0 Å². The lowest BCUT2D eigenvalue weighted by atomic mass is 9.98. The first-order valence-electron chi connectivity index (χ1n) is 7.79. The highest BCUT2D eigenvalue weighted by Gasteiger charge is 2.20. The summed E-state index contributed by atoms with van der Waals surface area (Å²) in [4.78, 5) is 6.63. The van der Waals surface area contributed by atoms with Crippen LogP contribution in [0.15, 0.2) is 48.8 Å². The van der Waals surface area contributed by atoms with Gasteiger partial charge in [0, 0.05) is 31.4 Å². The maximum atomic E-state index is 12.9. The number of likely N-dealkylation sites (tertiary alicyclic amines) is 1. The minimum Gasteiger partial charge on any atom is -0.493 e. The number of halogens is 1. The minimum atomic E-state index is -0.229. The van der Waals surface area contributed by atoms with Gasteiger partial charge in [-0.2, -0.15) is 0 Å². The molecule has 0 radical (unpaired) electrons. The average molecular weight is 300 g/mol. The second-order valence-corrected chi connectivity index (χ2v) is 5.87. The summed E-state index contributed by atoms with van der Waals surface area (Å²) in [6.45, 7) is 3.80. The molecular formula is C18H21FN2O. The number of ether oxygens (including phenoxy) is 1. The Labute approximate surface area is 130 Å². The van der Waals surface area contributed by atoms with Gasteiger partial charge in [-0.15, -0.1) is 0 Å². The van der Waals surface area contributed by atoms with E-state index in [4.69, 9.17) is 4.74 Å². The molecule has 1 atom stereocenters. The molecule has 0 spiro atoms. The standard InChI is InChI=1S/C18H21FN2O/c19-17-5-7-18(8-6-17)22-14-16-4-2-10-21(13-16)12-15-3-1-9-20-11-15/h1,3,5-9,11,16H,2,4,10,12-14H2/t16-/m1/s1. The zero-order chi connectivity index (χ0) is 15.2. The number of hydrogen-bond donors (Lipinski definition) is 0. The van der Waals surface area contributed by atoms with E-state index in [0.717, 1.165) is 25.4 Å². The van der Waals surface area contributed by atoms with Gasteiger partial charge in [0.25, 0.3) is 0 Å². The van der Waals surface area contributed by atoms with Crippen molar-refractivity contribution in [2.45, 2.75) is 19.4 Å². The summed E-state index contributed by atoms with van der Waals surface area (Å²) in [5, 5.41) is 0. The van der Waals surface area contributed by atoms with Crippen molar-refractivity contribution in [2.24, 2.45) is 5.92 Å². The lowest BCUT2D eigenvalue weighted by Crippen LogP contribution is -2.37. The van der Waals surface area contributed by atoms with Crippen LogP contribution in [0.25, 0.3) is 0 Å². The molecule has 4 heteroatoms. The highest BCUT2D eigenvalue weighted by molar-refractivity contribution is 5.22. The van der Waals surface area contributed by atoms with Gasteiger partial charge in [0.05, 0.1) is 6.61 Å². The molecule has 0 bridgehead atoms. The van der Waals surface area contributed by atoms with Crippen LogP contribution < -0.4 is 4.74 Å². The number of benzene rings is 1. The number of pyridine rings is 1. The molecule has 0 amide bonds. The van der Waals surface area contributed by atoms with Gasteiger partial charge in [0.15, 0.2) is 0 Å². The first-order chi connectivity index (χ1) is 10.8. The molecule has 1 aliphatic heterocycles. The summed E-state index contributed by atoms with van der Waals surface area (Å²) >= 11 is 0. The Balaban J connectivity index is 1.49. The van der Waals surface area contributed by atoms with Crippen LogP contribution in [-0.4, -0.2) is 29.6 Å². The fourth-order valence-electron chi connectivity index (χ4n) is 2.93. The first-order valence-corrected chi connectivity index (χ1v) is 7.79. The molecule has 2 heterocycles. The Kier molecular flexibility index (Phi) is 5.01. The van der Waals surface area contributed by atoms with Crippen molar-refractivity contribution in [3.8, 4) is 5.75 Å². The third kappa shape index (κ3) is 4.28. The maximum Gasteiger partial charge on any atom is 0.123 e. The molecule has 1 aromatic carbocycles. The Bertz CT molecular complexity index is 573. The fraction of sp³-hybridized carbons (Fsp3) is 0.389. The fourth-order valence-corrected chi connectivity index (χ4v) is 2.93. The third-order valence-corrected chi connectivity index (χ3v) is 4.03. The van der Waals surface area contributed by atoms with Crippen LogP contribution in [0, 0.1) is 11.7 Å². The van der Waals surface area contributed by atoms with E-state index in [-0.39, 0.29) is 5.82 Å². The zero-order valence-electron chi connectivity index (χ0n) is 12.6. The van der Waals surface area contributed by atoms with Crippen LogP contribution in [0.4, 0.5) is 4.39 Å². The number of piperidine rings is 1. The van der Waals surface area contributed by atoms with E-state index in [1.165, 1.54) is 30.5 Å². The summed E-state index contributed by atoms with van der Waals surface area (Å²) in [6, 6.07) is 10.3. The van der Waals surface area contributed by atoms with E-state index < -0.39 is 0 Å². The van der Waals surface area contributed by atoms with E-state index in [9.17, 15) is 4.39 Å². The van der Waals surface area contributed by atoms with E-state index in [1.54, 1.807) is 18.3 Å². The van der Waals surface area contributed by atoms with Crippen molar-refractivity contribution in [1.29, 1.82) is 0 Å². The molecule has 0 N–H and O–H groups in total. The third-order valence-electron chi connectivity index (χ3n) is 4.03. The Hall–Kier alpha value is -1.94. The van der Waals surface area contributed by atoms with Gasteiger partial charge in [-0.1, -0.05) is 6.07 Å². The van der Waals surface area contributed by atoms with Crippen LogP contribution in [0.3, 0.4) is 0 Å². The molecule has 0 saturated carbocycles. The second kappa shape index (κ2) is 7.36. The highest BCUT2D eigenvalue weighted by atomic mass is 19.1. The SMILES string of the molecule is Fc1ccc(OC[C@@H]2CCCN(Cc3cccnc3)C2)cc1.